The van der Waals surface area contributed by atoms with Gasteiger partial charge in [-0.15, -0.1) is 0 Å². The second-order valence-corrected chi connectivity index (χ2v) is 14.7. The molecule has 5 aromatic carbocycles. The molecule has 0 aliphatic carbocycles. The summed E-state index contributed by atoms with van der Waals surface area (Å²) >= 11 is 0. The highest BCUT2D eigenvalue weighted by Crippen LogP contribution is 2.52. The minimum Gasteiger partial charge on any atom is -0.422 e. The number of rotatable bonds is 2. The maximum atomic E-state index is 14.0. The molecule has 2 aliphatic heterocycles. The van der Waals surface area contributed by atoms with E-state index in [9.17, 15) is 9.59 Å². The summed E-state index contributed by atoms with van der Waals surface area (Å²) < 4.78 is 12.2. The lowest BCUT2D eigenvalue weighted by Crippen LogP contribution is -2.44. The van der Waals surface area contributed by atoms with E-state index in [1.165, 1.54) is 11.3 Å². The fourth-order valence-electron chi connectivity index (χ4n) is 8.11. The van der Waals surface area contributed by atoms with Crippen LogP contribution in [0.25, 0.3) is 65.7 Å². The van der Waals surface area contributed by atoms with E-state index in [0.29, 0.717) is 22.3 Å². The third kappa shape index (κ3) is 4.15. The van der Waals surface area contributed by atoms with Gasteiger partial charge in [0, 0.05) is 35.1 Å². The predicted octanol–water partition coefficient (Wildman–Crippen LogP) is 9.71. The molecule has 5 heteroatoms. The fraction of sp³-hybridized carbons (Fsp3) is 0.238. The topological polar surface area (TPSA) is 63.7 Å². The van der Waals surface area contributed by atoms with Crippen LogP contribution in [0.3, 0.4) is 0 Å². The van der Waals surface area contributed by atoms with Gasteiger partial charge in [-0.2, -0.15) is 0 Å². The average Bonchev–Trinajstić information content (AvgIpc) is 3.05. The van der Waals surface area contributed by atoms with Crippen molar-refractivity contribution >= 4 is 49.2 Å². The molecule has 232 valence electrons. The number of hydrogen-bond acceptors (Lipinski definition) is 5. The summed E-state index contributed by atoms with van der Waals surface area (Å²) in [4.78, 5) is 29.9. The van der Waals surface area contributed by atoms with Crippen LogP contribution in [0, 0.1) is 0 Å². The third-order valence-electron chi connectivity index (χ3n) is 10.8. The molecule has 0 radical (unpaired) electrons. The SMILES string of the molecule is CC1(C)CCN2CCC(C)(C)c3c2c1cc1cc(-c2cccc4c(-c5cc6cc7ccccc7cc6oc5=O)cccc24)c(=O)oc31. The first-order chi connectivity index (χ1) is 22.6. The van der Waals surface area contributed by atoms with Gasteiger partial charge < -0.3 is 13.7 Å². The van der Waals surface area contributed by atoms with Crippen LogP contribution in [0.15, 0.2) is 109 Å². The molecule has 4 heterocycles. The van der Waals surface area contributed by atoms with Crippen LogP contribution >= 0.6 is 0 Å². The smallest absolute Gasteiger partial charge is 0.344 e. The Bertz CT molecular complexity index is 2580. The van der Waals surface area contributed by atoms with Crippen LogP contribution in [-0.4, -0.2) is 13.1 Å². The molecular formula is C42H35NO4. The molecular weight excluding hydrogens is 582 g/mol. The Labute approximate surface area is 272 Å². The molecule has 0 fully saturated rings. The minimum atomic E-state index is -0.395. The first-order valence-corrected chi connectivity index (χ1v) is 16.5. The standard InChI is InChI=1S/C42H35NO4/c1-41(2)15-17-43-18-16-42(3,4)36-37(43)34(41)22-27-21-33(40(45)47-38(27)36)31-14-8-11-28-29(31)12-7-13-30(28)32-20-26-19-24-9-5-6-10-25(24)23-35(26)46-39(32)44/h5-14,19-23H,15-18H2,1-4H3. The Morgan fingerprint density at radius 2 is 1.17 bits per heavy atom. The zero-order valence-corrected chi connectivity index (χ0v) is 27.1. The van der Waals surface area contributed by atoms with Gasteiger partial charge in [0.2, 0.25) is 0 Å². The van der Waals surface area contributed by atoms with Gasteiger partial charge in [-0.1, -0.05) is 88.4 Å². The average molecular weight is 618 g/mol. The summed E-state index contributed by atoms with van der Waals surface area (Å²) in [6, 6.07) is 30.0. The molecule has 0 N–H and O–H groups in total. The fourth-order valence-corrected chi connectivity index (χ4v) is 8.11. The third-order valence-corrected chi connectivity index (χ3v) is 10.8. The Morgan fingerprint density at radius 1 is 0.574 bits per heavy atom. The molecule has 0 bridgehead atoms. The highest BCUT2D eigenvalue weighted by molar-refractivity contribution is 6.06. The molecule has 0 unspecified atom stereocenters. The van der Waals surface area contributed by atoms with E-state index in [1.54, 1.807) is 0 Å². The number of fused-ring (bicyclic) bond motifs is 5. The van der Waals surface area contributed by atoms with Gasteiger partial charge in [0.15, 0.2) is 0 Å². The Morgan fingerprint density at radius 3 is 1.85 bits per heavy atom. The van der Waals surface area contributed by atoms with Gasteiger partial charge in [0.1, 0.15) is 11.2 Å². The van der Waals surface area contributed by atoms with Crippen LogP contribution in [0.4, 0.5) is 5.69 Å². The minimum absolute atomic E-state index is 0.0140. The molecule has 0 amide bonds. The highest BCUT2D eigenvalue weighted by Gasteiger charge is 2.42. The van der Waals surface area contributed by atoms with Crippen molar-refractivity contribution < 1.29 is 8.83 Å². The van der Waals surface area contributed by atoms with Crippen LogP contribution in [0.5, 0.6) is 0 Å². The maximum absolute atomic E-state index is 14.0. The molecule has 2 aliphatic rings. The molecule has 0 saturated carbocycles. The molecule has 9 rings (SSSR count). The Hall–Kier alpha value is -5.16. The molecule has 7 aromatic rings. The lowest BCUT2D eigenvalue weighted by Gasteiger charge is -2.48. The molecule has 2 aromatic heterocycles. The van der Waals surface area contributed by atoms with E-state index < -0.39 is 5.63 Å². The highest BCUT2D eigenvalue weighted by atomic mass is 16.4. The summed E-state index contributed by atoms with van der Waals surface area (Å²) in [6.45, 7) is 11.2. The van der Waals surface area contributed by atoms with E-state index in [4.69, 9.17) is 8.83 Å². The zero-order valence-electron chi connectivity index (χ0n) is 27.1. The van der Waals surface area contributed by atoms with E-state index in [0.717, 1.165) is 74.9 Å². The summed E-state index contributed by atoms with van der Waals surface area (Å²) in [7, 11) is 0. The molecule has 0 spiro atoms. The summed E-state index contributed by atoms with van der Waals surface area (Å²) in [5.41, 5.74) is 6.70. The van der Waals surface area contributed by atoms with Gasteiger partial charge in [-0.05, 0) is 92.2 Å². The van der Waals surface area contributed by atoms with Crippen LogP contribution < -0.4 is 16.2 Å². The number of benzene rings is 5. The van der Waals surface area contributed by atoms with Crippen molar-refractivity contribution in [2.24, 2.45) is 0 Å². The lowest BCUT2D eigenvalue weighted by molar-refractivity contribution is 0.398. The quantitative estimate of drug-likeness (QED) is 0.143. The molecule has 47 heavy (non-hydrogen) atoms. The van der Waals surface area contributed by atoms with Crippen LogP contribution in [0.2, 0.25) is 0 Å². The second-order valence-electron chi connectivity index (χ2n) is 14.7. The predicted molar refractivity (Wildman–Crippen MR) is 192 cm³/mol. The van der Waals surface area contributed by atoms with Crippen molar-refractivity contribution in [2.45, 2.75) is 51.4 Å². The lowest BCUT2D eigenvalue weighted by atomic mass is 9.69. The van der Waals surface area contributed by atoms with Gasteiger partial charge in [0.25, 0.3) is 0 Å². The van der Waals surface area contributed by atoms with Gasteiger partial charge in [0.05, 0.1) is 11.1 Å². The van der Waals surface area contributed by atoms with E-state index in [-0.39, 0.29) is 16.5 Å². The van der Waals surface area contributed by atoms with Gasteiger partial charge >= 0.3 is 11.3 Å². The van der Waals surface area contributed by atoms with Crippen molar-refractivity contribution in [1.29, 1.82) is 0 Å². The number of nitrogens with zero attached hydrogens (tertiary/aromatic N) is 1. The normalized spacial score (nSPS) is 16.6. The number of hydrogen-bond donors (Lipinski definition) is 0. The Kier molecular flexibility index (Phi) is 5.78. The zero-order chi connectivity index (χ0) is 32.2. The van der Waals surface area contributed by atoms with Crippen molar-refractivity contribution in [2.75, 3.05) is 18.0 Å². The summed E-state index contributed by atoms with van der Waals surface area (Å²) in [5.74, 6) is 0. The first-order valence-electron chi connectivity index (χ1n) is 16.5. The summed E-state index contributed by atoms with van der Waals surface area (Å²) in [6.07, 6.45) is 2.09. The molecule has 5 nitrogen and oxygen atoms in total. The summed E-state index contributed by atoms with van der Waals surface area (Å²) in [5, 5.41) is 5.66. The van der Waals surface area contributed by atoms with E-state index in [1.807, 2.05) is 72.8 Å². The van der Waals surface area contributed by atoms with E-state index in [2.05, 4.69) is 50.8 Å². The maximum Gasteiger partial charge on any atom is 0.344 e. The molecule has 0 saturated heterocycles. The van der Waals surface area contributed by atoms with Crippen molar-refractivity contribution in [3.8, 4) is 22.3 Å². The number of anilines is 1. The van der Waals surface area contributed by atoms with Gasteiger partial charge in [-0.25, -0.2) is 9.59 Å². The van der Waals surface area contributed by atoms with Crippen LogP contribution in [0.1, 0.15) is 51.7 Å². The van der Waals surface area contributed by atoms with Crippen molar-refractivity contribution in [3.63, 3.8) is 0 Å². The molecule has 0 atom stereocenters. The second kappa shape index (κ2) is 9.68. The first kappa shape index (κ1) is 28.1. The van der Waals surface area contributed by atoms with Gasteiger partial charge in [-0.3, -0.25) is 0 Å². The van der Waals surface area contributed by atoms with Crippen LogP contribution in [-0.2, 0) is 10.8 Å². The van der Waals surface area contributed by atoms with Crippen molar-refractivity contribution in [3.05, 3.63) is 123 Å². The largest absolute Gasteiger partial charge is 0.422 e. The van der Waals surface area contributed by atoms with Crippen molar-refractivity contribution in [1.82, 2.24) is 0 Å². The Balaban J connectivity index is 1.26. The van der Waals surface area contributed by atoms with E-state index >= 15 is 0 Å². The monoisotopic (exact) mass is 617 g/mol.